The van der Waals surface area contributed by atoms with Crippen molar-refractivity contribution in [3.05, 3.63) is 36.4 Å². The Kier molecular flexibility index (Phi) is 3.28. The molecule has 2 aromatic carbocycles. The van der Waals surface area contributed by atoms with Gasteiger partial charge >= 0.3 is 0 Å². The molecule has 0 atom stereocenters. The maximum atomic E-state index is 11.7. The number of nitrogens with one attached hydrogen (secondary N) is 1. The molecule has 2 N–H and O–H groups in total. The largest absolute Gasteiger partial charge is 0.379 e. The summed E-state index contributed by atoms with van der Waals surface area (Å²) < 4.78 is 32.8. The van der Waals surface area contributed by atoms with Crippen LogP contribution in [0.15, 0.2) is 41.3 Å². The van der Waals surface area contributed by atoms with E-state index in [0.717, 1.165) is 5.39 Å². The molecule has 2 aromatic rings. The van der Waals surface area contributed by atoms with Crippen molar-refractivity contribution in [1.82, 2.24) is 0 Å². The van der Waals surface area contributed by atoms with E-state index in [1.54, 1.807) is 18.2 Å². The van der Waals surface area contributed by atoms with Gasteiger partial charge in [-0.05, 0) is 32.2 Å². The van der Waals surface area contributed by atoms with E-state index in [2.05, 4.69) is 5.32 Å². The molecule has 0 aliphatic carbocycles. The first-order chi connectivity index (χ1) is 8.68. The van der Waals surface area contributed by atoms with Gasteiger partial charge in [0.25, 0.3) is 10.1 Å². The molecule has 0 aromatic heterocycles. The molecular formula is C14H17NO3S. The Bertz CT molecular complexity index is 715. The summed E-state index contributed by atoms with van der Waals surface area (Å²) in [7, 11) is -4.29. The molecular weight excluding hydrogens is 262 g/mol. The minimum Gasteiger partial charge on any atom is -0.379 e. The fourth-order valence-corrected chi connectivity index (χ4v) is 2.88. The predicted molar refractivity (Wildman–Crippen MR) is 77.1 cm³/mol. The van der Waals surface area contributed by atoms with Crippen LogP contribution in [-0.2, 0) is 10.1 Å². The van der Waals surface area contributed by atoms with Crippen LogP contribution in [0.5, 0.6) is 0 Å². The van der Waals surface area contributed by atoms with Crippen LogP contribution in [0.1, 0.15) is 20.8 Å². The van der Waals surface area contributed by atoms with E-state index in [1.165, 1.54) is 0 Å². The lowest BCUT2D eigenvalue weighted by Gasteiger charge is -2.24. The summed E-state index contributed by atoms with van der Waals surface area (Å²) >= 11 is 0. The molecule has 0 aliphatic heterocycles. The molecule has 5 heteroatoms. The van der Waals surface area contributed by atoms with Crippen LogP contribution in [0, 0.1) is 0 Å². The van der Waals surface area contributed by atoms with Gasteiger partial charge in [-0.1, -0.05) is 30.3 Å². The summed E-state index contributed by atoms with van der Waals surface area (Å²) in [5.41, 5.74) is 0.107. The molecule has 0 aliphatic rings. The summed E-state index contributed by atoms with van der Waals surface area (Å²) in [6.45, 7) is 5.78. The van der Waals surface area contributed by atoms with Crippen molar-refractivity contribution in [2.75, 3.05) is 5.32 Å². The summed E-state index contributed by atoms with van der Waals surface area (Å²) in [5, 5.41) is 4.40. The van der Waals surface area contributed by atoms with E-state index < -0.39 is 10.1 Å². The van der Waals surface area contributed by atoms with Crippen molar-refractivity contribution >= 4 is 26.6 Å². The van der Waals surface area contributed by atoms with Crippen molar-refractivity contribution in [2.24, 2.45) is 0 Å². The van der Waals surface area contributed by atoms with Gasteiger partial charge in [0, 0.05) is 10.9 Å². The highest BCUT2D eigenvalue weighted by Gasteiger charge is 2.22. The zero-order valence-corrected chi connectivity index (χ0v) is 12.0. The Hall–Kier alpha value is -1.59. The first-order valence-electron chi connectivity index (χ1n) is 5.96. The lowest BCUT2D eigenvalue weighted by atomic mass is 10.1. The van der Waals surface area contributed by atoms with Crippen LogP contribution >= 0.6 is 0 Å². The highest BCUT2D eigenvalue weighted by atomic mass is 32.2. The van der Waals surface area contributed by atoms with Crippen LogP contribution in [0.25, 0.3) is 10.8 Å². The van der Waals surface area contributed by atoms with Gasteiger partial charge in [-0.2, -0.15) is 8.42 Å². The Morgan fingerprint density at radius 1 is 1.05 bits per heavy atom. The fourth-order valence-electron chi connectivity index (χ4n) is 2.02. The lowest BCUT2D eigenvalue weighted by Crippen LogP contribution is -2.27. The zero-order valence-electron chi connectivity index (χ0n) is 11.1. The summed E-state index contributed by atoms with van der Waals surface area (Å²) in [5.74, 6) is 0. The Morgan fingerprint density at radius 2 is 1.68 bits per heavy atom. The predicted octanol–water partition coefficient (Wildman–Crippen LogP) is 3.30. The molecule has 0 saturated heterocycles. The van der Waals surface area contributed by atoms with Gasteiger partial charge in [-0.15, -0.1) is 0 Å². The molecule has 19 heavy (non-hydrogen) atoms. The van der Waals surface area contributed by atoms with E-state index in [-0.39, 0.29) is 10.4 Å². The SMILES string of the molecule is CC(C)(C)Nc1ccc2ccccc2c1S(=O)(=O)O. The summed E-state index contributed by atoms with van der Waals surface area (Å²) in [6.07, 6.45) is 0. The van der Waals surface area contributed by atoms with E-state index in [1.807, 2.05) is 39.0 Å². The molecule has 0 radical (unpaired) electrons. The smallest absolute Gasteiger partial charge is 0.297 e. The van der Waals surface area contributed by atoms with E-state index in [0.29, 0.717) is 11.1 Å². The number of benzene rings is 2. The maximum absolute atomic E-state index is 11.7. The standard InChI is InChI=1S/C14H17NO3S/c1-14(2,3)15-12-9-8-10-6-4-5-7-11(10)13(12)19(16,17)18/h4-9,15H,1-3H3,(H,16,17,18). The number of hydrogen-bond donors (Lipinski definition) is 2. The average molecular weight is 279 g/mol. The Balaban J connectivity index is 2.78. The topological polar surface area (TPSA) is 66.4 Å². The summed E-state index contributed by atoms with van der Waals surface area (Å²) in [4.78, 5) is -0.0690. The van der Waals surface area contributed by atoms with Crippen LogP contribution in [0.4, 0.5) is 5.69 Å². The van der Waals surface area contributed by atoms with E-state index in [4.69, 9.17) is 0 Å². The monoisotopic (exact) mass is 279 g/mol. The molecule has 0 saturated carbocycles. The van der Waals surface area contributed by atoms with Gasteiger partial charge in [0.2, 0.25) is 0 Å². The quantitative estimate of drug-likeness (QED) is 0.828. The Labute approximate surface area is 113 Å². The first-order valence-corrected chi connectivity index (χ1v) is 7.40. The van der Waals surface area contributed by atoms with Crippen molar-refractivity contribution in [3.63, 3.8) is 0 Å². The molecule has 0 heterocycles. The van der Waals surface area contributed by atoms with Crippen molar-refractivity contribution in [2.45, 2.75) is 31.2 Å². The second kappa shape index (κ2) is 4.51. The van der Waals surface area contributed by atoms with Crippen LogP contribution in [-0.4, -0.2) is 18.5 Å². The van der Waals surface area contributed by atoms with Gasteiger partial charge in [-0.3, -0.25) is 4.55 Å². The van der Waals surface area contributed by atoms with Crippen molar-refractivity contribution in [3.8, 4) is 0 Å². The maximum Gasteiger partial charge on any atom is 0.297 e. The zero-order chi connectivity index (χ0) is 14.3. The molecule has 0 spiro atoms. The normalized spacial score (nSPS) is 12.6. The first kappa shape index (κ1) is 13.8. The lowest BCUT2D eigenvalue weighted by molar-refractivity contribution is 0.484. The minimum atomic E-state index is -4.29. The highest BCUT2D eigenvalue weighted by Crippen LogP contribution is 2.31. The number of hydrogen-bond acceptors (Lipinski definition) is 3. The second-order valence-corrected chi connectivity index (χ2v) is 6.87. The minimum absolute atomic E-state index is 0.0690. The van der Waals surface area contributed by atoms with E-state index in [9.17, 15) is 13.0 Å². The van der Waals surface area contributed by atoms with Gasteiger partial charge in [0.1, 0.15) is 4.90 Å². The molecule has 0 fully saturated rings. The van der Waals surface area contributed by atoms with Crippen LogP contribution in [0.3, 0.4) is 0 Å². The Morgan fingerprint density at radius 3 is 2.26 bits per heavy atom. The third-order valence-corrected chi connectivity index (χ3v) is 3.60. The van der Waals surface area contributed by atoms with Gasteiger partial charge in [0.05, 0.1) is 5.69 Å². The highest BCUT2D eigenvalue weighted by molar-refractivity contribution is 7.86. The second-order valence-electron chi connectivity index (χ2n) is 5.51. The number of rotatable bonds is 2. The number of fused-ring (bicyclic) bond motifs is 1. The van der Waals surface area contributed by atoms with Crippen LogP contribution < -0.4 is 5.32 Å². The van der Waals surface area contributed by atoms with Gasteiger partial charge in [0.15, 0.2) is 0 Å². The summed E-state index contributed by atoms with van der Waals surface area (Å²) in [6, 6.07) is 10.6. The van der Waals surface area contributed by atoms with Gasteiger partial charge in [-0.25, -0.2) is 0 Å². The molecule has 0 unspecified atom stereocenters. The molecule has 0 bridgehead atoms. The van der Waals surface area contributed by atoms with Crippen molar-refractivity contribution in [1.29, 1.82) is 0 Å². The molecule has 4 nitrogen and oxygen atoms in total. The third-order valence-electron chi connectivity index (χ3n) is 2.65. The number of anilines is 1. The van der Waals surface area contributed by atoms with Crippen LogP contribution in [0.2, 0.25) is 0 Å². The van der Waals surface area contributed by atoms with Gasteiger partial charge < -0.3 is 5.32 Å². The fraction of sp³-hybridized carbons (Fsp3) is 0.286. The van der Waals surface area contributed by atoms with E-state index >= 15 is 0 Å². The molecule has 102 valence electrons. The molecule has 2 rings (SSSR count). The van der Waals surface area contributed by atoms with Crippen molar-refractivity contribution < 1.29 is 13.0 Å². The molecule has 0 amide bonds. The average Bonchev–Trinajstić information content (AvgIpc) is 2.24. The third kappa shape index (κ3) is 3.05.